The molecular weight excluding hydrogens is 298 g/mol. The largest absolute Gasteiger partial charge is 0.373 e. The number of nitrogens with one attached hydrogen (secondary N) is 1. The van der Waals surface area contributed by atoms with Crippen LogP contribution >= 0.6 is 0 Å². The van der Waals surface area contributed by atoms with Crippen molar-refractivity contribution in [3.8, 4) is 5.69 Å². The lowest BCUT2D eigenvalue weighted by molar-refractivity contribution is 0.0955. The van der Waals surface area contributed by atoms with E-state index < -0.39 is 0 Å². The third-order valence-corrected chi connectivity index (χ3v) is 3.96. The molecule has 24 heavy (non-hydrogen) atoms. The van der Waals surface area contributed by atoms with Crippen LogP contribution in [0.4, 0.5) is 5.69 Å². The zero-order chi connectivity index (χ0) is 16.8. The van der Waals surface area contributed by atoms with Gasteiger partial charge in [0.05, 0.1) is 0 Å². The Labute approximate surface area is 142 Å². The predicted octanol–water partition coefficient (Wildman–Crippen LogP) is 3.34. The highest BCUT2D eigenvalue weighted by Gasteiger charge is 2.06. The minimum Gasteiger partial charge on any atom is -0.373 e. The summed E-state index contributed by atoms with van der Waals surface area (Å²) in [5.74, 6) is -0.0458. The van der Waals surface area contributed by atoms with Crippen molar-refractivity contribution in [2.24, 2.45) is 0 Å². The van der Waals surface area contributed by atoms with E-state index in [2.05, 4.69) is 22.3 Å². The molecule has 0 fully saturated rings. The summed E-state index contributed by atoms with van der Waals surface area (Å²) in [5, 5.41) is 2.97. The fourth-order valence-electron chi connectivity index (χ4n) is 2.54. The van der Waals surface area contributed by atoms with Crippen LogP contribution in [0.15, 0.2) is 79.1 Å². The molecule has 1 heterocycles. The van der Waals surface area contributed by atoms with E-state index in [0.717, 1.165) is 17.9 Å². The summed E-state index contributed by atoms with van der Waals surface area (Å²) in [6.07, 6.45) is 3.96. The summed E-state index contributed by atoms with van der Waals surface area (Å²) in [6, 6.07) is 21.7. The Kier molecular flexibility index (Phi) is 4.96. The lowest BCUT2D eigenvalue weighted by Crippen LogP contribution is -2.32. The van der Waals surface area contributed by atoms with Crippen LogP contribution < -0.4 is 10.2 Å². The predicted molar refractivity (Wildman–Crippen MR) is 97.8 cm³/mol. The van der Waals surface area contributed by atoms with Crippen LogP contribution in [-0.4, -0.2) is 30.6 Å². The first-order valence-corrected chi connectivity index (χ1v) is 8.02. The van der Waals surface area contributed by atoms with Gasteiger partial charge in [0.15, 0.2) is 0 Å². The van der Waals surface area contributed by atoms with E-state index in [1.54, 1.807) is 0 Å². The molecule has 2 aromatic carbocycles. The van der Waals surface area contributed by atoms with E-state index in [0.29, 0.717) is 12.1 Å². The summed E-state index contributed by atoms with van der Waals surface area (Å²) in [4.78, 5) is 14.3. The SMILES string of the molecule is CN(CCNC(=O)c1ccc(-n2cccc2)cc1)c1ccccc1. The summed E-state index contributed by atoms with van der Waals surface area (Å²) >= 11 is 0. The van der Waals surface area contributed by atoms with E-state index in [1.807, 2.05) is 78.6 Å². The molecule has 3 rings (SSSR count). The van der Waals surface area contributed by atoms with E-state index in [1.165, 1.54) is 0 Å². The molecule has 0 aliphatic carbocycles. The Morgan fingerprint density at radius 2 is 1.62 bits per heavy atom. The molecule has 0 aliphatic heterocycles. The van der Waals surface area contributed by atoms with Crippen molar-refractivity contribution in [1.82, 2.24) is 9.88 Å². The lowest BCUT2D eigenvalue weighted by Gasteiger charge is -2.19. The van der Waals surface area contributed by atoms with Crippen molar-refractivity contribution >= 4 is 11.6 Å². The van der Waals surface area contributed by atoms with Crippen molar-refractivity contribution in [2.45, 2.75) is 0 Å². The van der Waals surface area contributed by atoms with Gasteiger partial charge in [0, 0.05) is 49.5 Å². The standard InChI is InChI=1S/C20H21N3O/c1-22(18-7-3-2-4-8-18)16-13-21-20(24)17-9-11-19(12-10-17)23-14-5-6-15-23/h2-12,14-15H,13,16H2,1H3,(H,21,24). The Bertz CT molecular complexity index is 764. The summed E-state index contributed by atoms with van der Waals surface area (Å²) in [6.45, 7) is 1.36. The molecule has 1 amide bonds. The van der Waals surface area contributed by atoms with Crippen molar-refractivity contribution in [2.75, 3.05) is 25.0 Å². The maximum atomic E-state index is 12.2. The first kappa shape index (κ1) is 15.9. The normalized spacial score (nSPS) is 10.4. The van der Waals surface area contributed by atoms with Crippen LogP contribution in [0.2, 0.25) is 0 Å². The van der Waals surface area contributed by atoms with E-state index in [4.69, 9.17) is 0 Å². The number of benzene rings is 2. The number of hydrogen-bond donors (Lipinski definition) is 1. The zero-order valence-electron chi connectivity index (χ0n) is 13.7. The van der Waals surface area contributed by atoms with Gasteiger partial charge in [-0.1, -0.05) is 18.2 Å². The molecule has 4 nitrogen and oxygen atoms in total. The second-order valence-electron chi connectivity index (χ2n) is 5.65. The summed E-state index contributed by atoms with van der Waals surface area (Å²) in [5.41, 5.74) is 2.86. The van der Waals surface area contributed by atoms with Crippen molar-refractivity contribution in [1.29, 1.82) is 0 Å². The number of para-hydroxylation sites is 1. The van der Waals surface area contributed by atoms with Gasteiger partial charge in [-0.3, -0.25) is 4.79 Å². The van der Waals surface area contributed by atoms with Crippen LogP contribution in [0.5, 0.6) is 0 Å². The number of anilines is 1. The molecule has 0 atom stereocenters. The van der Waals surface area contributed by atoms with E-state index in [-0.39, 0.29) is 5.91 Å². The second-order valence-corrected chi connectivity index (χ2v) is 5.65. The minimum atomic E-state index is -0.0458. The average Bonchev–Trinajstić information content (AvgIpc) is 3.17. The highest BCUT2D eigenvalue weighted by Crippen LogP contribution is 2.11. The summed E-state index contributed by atoms with van der Waals surface area (Å²) < 4.78 is 2.01. The third kappa shape index (κ3) is 3.84. The van der Waals surface area contributed by atoms with Crippen molar-refractivity contribution in [3.63, 3.8) is 0 Å². The Morgan fingerprint density at radius 3 is 2.29 bits per heavy atom. The van der Waals surface area contributed by atoms with Gasteiger partial charge < -0.3 is 14.8 Å². The van der Waals surface area contributed by atoms with Gasteiger partial charge in [0.1, 0.15) is 0 Å². The maximum Gasteiger partial charge on any atom is 0.251 e. The molecule has 0 spiro atoms. The van der Waals surface area contributed by atoms with E-state index >= 15 is 0 Å². The van der Waals surface area contributed by atoms with Crippen molar-refractivity contribution < 1.29 is 4.79 Å². The number of carbonyl (C=O) groups excluding carboxylic acids is 1. The van der Waals surface area contributed by atoms with Gasteiger partial charge in [0.2, 0.25) is 0 Å². The quantitative estimate of drug-likeness (QED) is 0.756. The molecule has 0 bridgehead atoms. The first-order chi connectivity index (χ1) is 11.7. The van der Waals surface area contributed by atoms with Gasteiger partial charge in [-0.05, 0) is 48.5 Å². The fraction of sp³-hybridized carbons (Fsp3) is 0.150. The molecular formula is C20H21N3O. The molecule has 4 heteroatoms. The Balaban J connectivity index is 1.52. The Hall–Kier alpha value is -3.01. The summed E-state index contributed by atoms with van der Waals surface area (Å²) in [7, 11) is 2.02. The number of amides is 1. The van der Waals surface area contributed by atoms with Crippen LogP contribution in [-0.2, 0) is 0 Å². The number of hydrogen-bond acceptors (Lipinski definition) is 2. The molecule has 3 aromatic rings. The van der Waals surface area contributed by atoms with Crippen molar-refractivity contribution in [3.05, 3.63) is 84.7 Å². The Morgan fingerprint density at radius 1 is 0.958 bits per heavy atom. The van der Waals surface area contributed by atoms with Gasteiger partial charge in [-0.2, -0.15) is 0 Å². The lowest BCUT2D eigenvalue weighted by atomic mass is 10.2. The molecule has 1 aromatic heterocycles. The van der Waals surface area contributed by atoms with Gasteiger partial charge in [-0.15, -0.1) is 0 Å². The molecule has 0 saturated carbocycles. The molecule has 0 saturated heterocycles. The number of aromatic nitrogens is 1. The molecule has 1 N–H and O–H groups in total. The number of rotatable bonds is 6. The van der Waals surface area contributed by atoms with Gasteiger partial charge in [0.25, 0.3) is 5.91 Å². The highest BCUT2D eigenvalue weighted by molar-refractivity contribution is 5.94. The second kappa shape index (κ2) is 7.51. The smallest absolute Gasteiger partial charge is 0.251 e. The number of likely N-dealkylation sites (N-methyl/N-ethyl adjacent to an activating group) is 1. The molecule has 0 aliphatic rings. The average molecular weight is 319 g/mol. The van der Waals surface area contributed by atoms with Crippen LogP contribution in [0, 0.1) is 0 Å². The highest BCUT2D eigenvalue weighted by atomic mass is 16.1. The fourth-order valence-corrected chi connectivity index (χ4v) is 2.54. The third-order valence-electron chi connectivity index (χ3n) is 3.96. The van der Waals surface area contributed by atoms with Crippen LogP contribution in [0.25, 0.3) is 5.69 Å². The molecule has 0 unspecified atom stereocenters. The molecule has 0 radical (unpaired) electrons. The van der Waals surface area contributed by atoms with Gasteiger partial charge >= 0.3 is 0 Å². The molecule has 122 valence electrons. The maximum absolute atomic E-state index is 12.2. The zero-order valence-corrected chi connectivity index (χ0v) is 13.7. The van der Waals surface area contributed by atoms with Crippen LogP contribution in [0.3, 0.4) is 0 Å². The minimum absolute atomic E-state index is 0.0458. The van der Waals surface area contributed by atoms with Crippen LogP contribution in [0.1, 0.15) is 10.4 Å². The number of nitrogens with zero attached hydrogens (tertiary/aromatic N) is 2. The number of carbonyl (C=O) groups is 1. The monoisotopic (exact) mass is 319 g/mol. The van der Waals surface area contributed by atoms with Gasteiger partial charge in [-0.25, -0.2) is 0 Å². The van der Waals surface area contributed by atoms with E-state index in [9.17, 15) is 4.79 Å². The first-order valence-electron chi connectivity index (χ1n) is 8.02. The topological polar surface area (TPSA) is 37.3 Å².